The number of thiazole rings is 1. The minimum atomic E-state index is -0.0190. The third kappa shape index (κ3) is 3.00. The lowest BCUT2D eigenvalue weighted by Crippen LogP contribution is -2.05. The number of hydrogen-bond acceptors (Lipinski definition) is 5. The summed E-state index contributed by atoms with van der Waals surface area (Å²) in [6, 6.07) is 5.73. The van der Waals surface area contributed by atoms with Crippen LogP contribution in [0.2, 0.25) is 0 Å². The molecule has 1 heterocycles. The second kappa shape index (κ2) is 5.84. The Bertz CT molecular complexity index is 498. The van der Waals surface area contributed by atoms with Crippen LogP contribution in [0.5, 0.6) is 11.5 Å². The van der Waals surface area contributed by atoms with Crippen LogP contribution in [0, 0.1) is 0 Å². The van der Waals surface area contributed by atoms with Gasteiger partial charge in [-0.05, 0) is 24.6 Å². The van der Waals surface area contributed by atoms with Crippen molar-refractivity contribution in [2.75, 3.05) is 7.11 Å². The Balaban J connectivity index is 2.12. The summed E-state index contributed by atoms with van der Waals surface area (Å²) in [7, 11) is 1.62. The summed E-state index contributed by atoms with van der Waals surface area (Å²) >= 11 is 1.57. The molecule has 1 atom stereocenters. The predicted molar refractivity (Wildman–Crippen MR) is 72.0 cm³/mol. The molecular formula is C13H16N2O2S. The minimum absolute atomic E-state index is 0.0190. The highest BCUT2D eigenvalue weighted by Crippen LogP contribution is 2.30. The third-order valence-corrected chi connectivity index (χ3v) is 3.32. The van der Waals surface area contributed by atoms with E-state index in [1.54, 1.807) is 30.2 Å². The lowest BCUT2D eigenvalue weighted by Gasteiger charge is -2.13. The van der Waals surface area contributed by atoms with E-state index in [2.05, 4.69) is 4.98 Å². The van der Waals surface area contributed by atoms with Crippen LogP contribution in [0.3, 0.4) is 0 Å². The first-order valence-corrected chi connectivity index (χ1v) is 6.52. The SMILES string of the molecule is COc1cc(C(C)N)ccc1OCc1cncs1. The van der Waals surface area contributed by atoms with E-state index in [9.17, 15) is 0 Å². The Morgan fingerprint density at radius 1 is 1.39 bits per heavy atom. The highest BCUT2D eigenvalue weighted by atomic mass is 32.1. The van der Waals surface area contributed by atoms with E-state index < -0.39 is 0 Å². The molecule has 18 heavy (non-hydrogen) atoms. The van der Waals surface area contributed by atoms with Gasteiger partial charge in [-0.2, -0.15) is 0 Å². The van der Waals surface area contributed by atoms with Crippen LogP contribution in [0.1, 0.15) is 23.4 Å². The van der Waals surface area contributed by atoms with Gasteiger partial charge in [0.15, 0.2) is 11.5 Å². The number of nitrogens with two attached hydrogens (primary N) is 1. The van der Waals surface area contributed by atoms with Crippen LogP contribution >= 0.6 is 11.3 Å². The van der Waals surface area contributed by atoms with Gasteiger partial charge < -0.3 is 15.2 Å². The molecule has 1 aromatic carbocycles. The topological polar surface area (TPSA) is 57.4 Å². The first-order chi connectivity index (χ1) is 8.70. The number of rotatable bonds is 5. The predicted octanol–water partition coefficient (Wildman–Crippen LogP) is 2.75. The van der Waals surface area contributed by atoms with E-state index in [1.807, 2.05) is 25.1 Å². The van der Waals surface area contributed by atoms with Gasteiger partial charge in [-0.1, -0.05) is 6.07 Å². The van der Waals surface area contributed by atoms with Crippen LogP contribution in [-0.4, -0.2) is 12.1 Å². The first-order valence-electron chi connectivity index (χ1n) is 5.64. The molecule has 1 unspecified atom stereocenters. The van der Waals surface area contributed by atoms with E-state index in [0.717, 1.165) is 16.2 Å². The molecular weight excluding hydrogens is 248 g/mol. The maximum absolute atomic E-state index is 5.84. The van der Waals surface area contributed by atoms with E-state index >= 15 is 0 Å². The number of aromatic nitrogens is 1. The first kappa shape index (κ1) is 12.9. The van der Waals surface area contributed by atoms with Crippen LogP contribution < -0.4 is 15.2 Å². The second-order valence-corrected chi connectivity index (χ2v) is 4.93. The van der Waals surface area contributed by atoms with Crippen molar-refractivity contribution in [3.8, 4) is 11.5 Å². The van der Waals surface area contributed by atoms with Crippen LogP contribution in [-0.2, 0) is 6.61 Å². The number of hydrogen-bond donors (Lipinski definition) is 1. The summed E-state index contributed by atoms with van der Waals surface area (Å²) in [5.41, 5.74) is 8.65. The molecule has 0 spiro atoms. The molecule has 0 saturated heterocycles. The molecule has 0 aliphatic carbocycles. The lowest BCUT2D eigenvalue weighted by molar-refractivity contribution is 0.287. The molecule has 0 bridgehead atoms. The van der Waals surface area contributed by atoms with E-state index in [0.29, 0.717) is 12.4 Å². The highest BCUT2D eigenvalue weighted by molar-refractivity contribution is 7.09. The van der Waals surface area contributed by atoms with Gasteiger partial charge in [-0.3, -0.25) is 4.98 Å². The van der Waals surface area contributed by atoms with Gasteiger partial charge >= 0.3 is 0 Å². The van der Waals surface area contributed by atoms with Gasteiger partial charge in [0.1, 0.15) is 6.61 Å². The number of ether oxygens (including phenoxy) is 2. The van der Waals surface area contributed by atoms with E-state index in [4.69, 9.17) is 15.2 Å². The maximum atomic E-state index is 5.84. The average molecular weight is 264 g/mol. The van der Waals surface area contributed by atoms with Crippen molar-refractivity contribution in [3.05, 3.63) is 40.3 Å². The Labute approximate surface area is 110 Å². The Kier molecular flexibility index (Phi) is 4.17. The molecule has 2 aromatic rings. The summed E-state index contributed by atoms with van der Waals surface area (Å²) in [5, 5.41) is 0. The van der Waals surface area contributed by atoms with Gasteiger partial charge in [0, 0.05) is 12.2 Å². The summed E-state index contributed by atoms with van der Waals surface area (Å²) in [4.78, 5) is 5.08. The molecule has 0 radical (unpaired) electrons. The standard InChI is InChI=1S/C13H16N2O2S/c1-9(14)10-3-4-12(13(5-10)16-2)17-7-11-6-15-8-18-11/h3-6,8-9H,7,14H2,1-2H3. The fourth-order valence-electron chi connectivity index (χ4n) is 1.55. The largest absolute Gasteiger partial charge is 0.493 e. The van der Waals surface area contributed by atoms with E-state index in [-0.39, 0.29) is 6.04 Å². The summed E-state index contributed by atoms with van der Waals surface area (Å²) < 4.78 is 11.0. The molecule has 0 fully saturated rings. The zero-order chi connectivity index (χ0) is 13.0. The monoisotopic (exact) mass is 264 g/mol. The van der Waals surface area contributed by atoms with Gasteiger partial charge in [-0.25, -0.2) is 0 Å². The quantitative estimate of drug-likeness (QED) is 0.902. The number of nitrogens with zero attached hydrogens (tertiary/aromatic N) is 1. The van der Waals surface area contributed by atoms with Crippen LogP contribution in [0.25, 0.3) is 0 Å². The molecule has 1 aromatic heterocycles. The molecule has 0 amide bonds. The fraction of sp³-hybridized carbons (Fsp3) is 0.308. The molecule has 2 rings (SSSR count). The van der Waals surface area contributed by atoms with Gasteiger partial charge in [0.25, 0.3) is 0 Å². The second-order valence-electron chi connectivity index (χ2n) is 3.96. The Morgan fingerprint density at radius 3 is 2.83 bits per heavy atom. The zero-order valence-corrected chi connectivity index (χ0v) is 11.2. The van der Waals surface area contributed by atoms with Crippen molar-refractivity contribution in [2.24, 2.45) is 5.73 Å². The molecule has 96 valence electrons. The van der Waals surface area contributed by atoms with Crippen molar-refractivity contribution in [3.63, 3.8) is 0 Å². The van der Waals surface area contributed by atoms with E-state index in [1.165, 1.54) is 0 Å². The minimum Gasteiger partial charge on any atom is -0.493 e. The smallest absolute Gasteiger partial charge is 0.161 e. The number of benzene rings is 1. The zero-order valence-electron chi connectivity index (χ0n) is 10.4. The van der Waals surface area contributed by atoms with Crippen molar-refractivity contribution < 1.29 is 9.47 Å². The maximum Gasteiger partial charge on any atom is 0.161 e. The molecule has 0 aliphatic heterocycles. The molecule has 2 N–H and O–H groups in total. The van der Waals surface area contributed by atoms with Gasteiger partial charge in [0.05, 0.1) is 17.5 Å². The summed E-state index contributed by atoms with van der Waals surface area (Å²) in [5.74, 6) is 1.42. The number of methoxy groups -OCH3 is 1. The molecule has 5 heteroatoms. The summed E-state index contributed by atoms with van der Waals surface area (Å²) in [6.07, 6.45) is 1.80. The third-order valence-electron chi connectivity index (χ3n) is 2.57. The van der Waals surface area contributed by atoms with Crippen molar-refractivity contribution in [1.29, 1.82) is 0 Å². The van der Waals surface area contributed by atoms with Gasteiger partial charge in [-0.15, -0.1) is 11.3 Å². The van der Waals surface area contributed by atoms with Crippen molar-refractivity contribution >= 4 is 11.3 Å². The van der Waals surface area contributed by atoms with Crippen molar-refractivity contribution in [2.45, 2.75) is 19.6 Å². The molecule has 0 saturated carbocycles. The van der Waals surface area contributed by atoms with Crippen molar-refractivity contribution in [1.82, 2.24) is 4.98 Å². The normalized spacial score (nSPS) is 12.2. The molecule has 4 nitrogen and oxygen atoms in total. The van der Waals surface area contributed by atoms with Gasteiger partial charge in [0.2, 0.25) is 0 Å². The Hall–Kier alpha value is -1.59. The van der Waals surface area contributed by atoms with Crippen LogP contribution in [0.4, 0.5) is 0 Å². The molecule has 0 aliphatic rings. The Morgan fingerprint density at radius 2 is 2.22 bits per heavy atom. The fourth-order valence-corrected chi connectivity index (χ4v) is 2.05. The lowest BCUT2D eigenvalue weighted by atomic mass is 10.1. The average Bonchev–Trinajstić information content (AvgIpc) is 2.89. The summed E-state index contributed by atoms with van der Waals surface area (Å²) in [6.45, 7) is 2.44. The van der Waals surface area contributed by atoms with Crippen LogP contribution in [0.15, 0.2) is 29.9 Å². The highest BCUT2D eigenvalue weighted by Gasteiger charge is 2.08.